The molecule has 156 valence electrons. The molecule has 3 aliphatic rings. The van der Waals surface area contributed by atoms with Crippen molar-refractivity contribution >= 4 is 17.2 Å². The maximum absolute atomic E-state index is 13.3. The number of benzene rings is 1. The van der Waals surface area contributed by atoms with Crippen LogP contribution in [-0.4, -0.2) is 52.1 Å². The van der Waals surface area contributed by atoms with E-state index in [1.54, 1.807) is 12.4 Å². The molecule has 1 aromatic carbocycles. The van der Waals surface area contributed by atoms with Crippen LogP contribution in [0.4, 0.5) is 5.69 Å². The van der Waals surface area contributed by atoms with Gasteiger partial charge in [0.25, 0.3) is 5.91 Å². The lowest BCUT2D eigenvalue weighted by atomic mass is 9.80. The molecule has 1 N–H and O–H groups in total. The first-order valence-corrected chi connectivity index (χ1v) is 10.9. The van der Waals surface area contributed by atoms with E-state index in [0.717, 1.165) is 24.9 Å². The Morgan fingerprint density at radius 2 is 2.17 bits per heavy atom. The van der Waals surface area contributed by atoms with E-state index in [2.05, 4.69) is 46.2 Å². The summed E-state index contributed by atoms with van der Waals surface area (Å²) in [5.74, 6) is 0.119. The minimum absolute atomic E-state index is 0.00176. The smallest absolute Gasteiger partial charge is 0.274 e. The van der Waals surface area contributed by atoms with Gasteiger partial charge in [0.15, 0.2) is 0 Å². The normalized spacial score (nSPS) is 25.5. The van der Waals surface area contributed by atoms with Crippen molar-refractivity contribution in [3.8, 4) is 0 Å². The summed E-state index contributed by atoms with van der Waals surface area (Å²) >= 11 is 0. The first-order valence-electron chi connectivity index (χ1n) is 10.9. The molecule has 1 aliphatic carbocycles. The summed E-state index contributed by atoms with van der Waals surface area (Å²) in [4.78, 5) is 25.8. The molecule has 0 radical (unpaired) electrons. The van der Waals surface area contributed by atoms with Gasteiger partial charge >= 0.3 is 0 Å². The van der Waals surface area contributed by atoms with E-state index in [9.17, 15) is 9.90 Å². The number of rotatable bonds is 3. The minimum Gasteiger partial charge on any atom is -0.394 e. The SMILES string of the molecule is CN1c2ccc(C3=CCCCC3)cc2[C@@H]2[C@@H](CCN2C(=O)c2cnccn2)[C@@H]1CO. The lowest BCUT2D eigenvalue weighted by molar-refractivity contribution is 0.0687. The van der Waals surface area contributed by atoms with Gasteiger partial charge in [-0.25, -0.2) is 4.98 Å². The molecule has 3 heterocycles. The molecular formula is C24H28N4O2. The Labute approximate surface area is 177 Å². The second-order valence-electron chi connectivity index (χ2n) is 8.60. The van der Waals surface area contributed by atoms with Gasteiger partial charge < -0.3 is 14.9 Å². The van der Waals surface area contributed by atoms with Crippen molar-refractivity contribution in [1.29, 1.82) is 0 Å². The van der Waals surface area contributed by atoms with Crippen LogP contribution in [0.2, 0.25) is 0 Å². The monoisotopic (exact) mass is 404 g/mol. The lowest BCUT2D eigenvalue weighted by Crippen LogP contribution is -2.48. The molecule has 2 aromatic rings. The van der Waals surface area contributed by atoms with Gasteiger partial charge in [-0.2, -0.15) is 0 Å². The van der Waals surface area contributed by atoms with Gasteiger partial charge in [-0.1, -0.05) is 12.1 Å². The number of amides is 1. The number of fused-ring (bicyclic) bond motifs is 3. The van der Waals surface area contributed by atoms with Crippen LogP contribution in [0.1, 0.15) is 59.8 Å². The molecule has 1 fully saturated rings. The van der Waals surface area contributed by atoms with Crippen molar-refractivity contribution < 1.29 is 9.90 Å². The number of aliphatic hydroxyl groups excluding tert-OH is 1. The molecule has 1 saturated heterocycles. The van der Waals surface area contributed by atoms with Crippen LogP contribution in [-0.2, 0) is 0 Å². The van der Waals surface area contributed by atoms with E-state index in [1.807, 2.05) is 4.90 Å². The van der Waals surface area contributed by atoms with Gasteiger partial charge in [-0.3, -0.25) is 9.78 Å². The molecule has 6 heteroatoms. The topological polar surface area (TPSA) is 69.6 Å². The number of likely N-dealkylation sites (tertiary alicyclic amines) is 1. The Balaban J connectivity index is 1.58. The van der Waals surface area contributed by atoms with Crippen molar-refractivity contribution in [3.05, 3.63) is 59.7 Å². The molecule has 30 heavy (non-hydrogen) atoms. The highest BCUT2D eigenvalue weighted by molar-refractivity contribution is 5.93. The summed E-state index contributed by atoms with van der Waals surface area (Å²) in [5, 5.41) is 10.2. The van der Waals surface area contributed by atoms with Crippen LogP contribution in [0.15, 0.2) is 42.9 Å². The molecule has 0 unspecified atom stereocenters. The number of anilines is 1. The summed E-state index contributed by atoms with van der Waals surface area (Å²) in [6.45, 7) is 0.749. The van der Waals surface area contributed by atoms with Crippen molar-refractivity contribution in [2.45, 2.75) is 44.2 Å². The Bertz CT molecular complexity index is 974. The van der Waals surface area contributed by atoms with Crippen LogP contribution in [0, 0.1) is 5.92 Å². The van der Waals surface area contributed by atoms with E-state index < -0.39 is 0 Å². The summed E-state index contributed by atoms with van der Waals surface area (Å²) in [7, 11) is 2.06. The highest BCUT2D eigenvalue weighted by Crippen LogP contribution is 2.49. The predicted molar refractivity (Wildman–Crippen MR) is 116 cm³/mol. The zero-order valence-electron chi connectivity index (χ0n) is 17.4. The van der Waals surface area contributed by atoms with Crippen LogP contribution in [0.5, 0.6) is 0 Å². The van der Waals surface area contributed by atoms with Crippen LogP contribution < -0.4 is 4.90 Å². The number of likely N-dealkylation sites (N-methyl/N-ethyl adjacent to an activating group) is 1. The third-order valence-electron chi connectivity index (χ3n) is 7.05. The number of hydrogen-bond acceptors (Lipinski definition) is 5. The minimum atomic E-state index is -0.0786. The van der Waals surface area contributed by atoms with Gasteiger partial charge in [-0.15, -0.1) is 0 Å². The van der Waals surface area contributed by atoms with Crippen LogP contribution >= 0.6 is 0 Å². The van der Waals surface area contributed by atoms with E-state index in [0.29, 0.717) is 12.2 Å². The third-order valence-corrected chi connectivity index (χ3v) is 7.05. The van der Waals surface area contributed by atoms with E-state index >= 15 is 0 Å². The summed E-state index contributed by atoms with van der Waals surface area (Å²) in [6.07, 6.45) is 12.7. The Morgan fingerprint density at radius 3 is 2.90 bits per heavy atom. The molecule has 0 bridgehead atoms. The first kappa shape index (κ1) is 19.2. The van der Waals surface area contributed by atoms with Crippen molar-refractivity contribution in [3.63, 3.8) is 0 Å². The van der Waals surface area contributed by atoms with E-state index in [-0.39, 0.29) is 30.5 Å². The predicted octanol–water partition coefficient (Wildman–Crippen LogP) is 3.45. The number of allylic oxidation sites excluding steroid dienone is 2. The summed E-state index contributed by atoms with van der Waals surface area (Å²) < 4.78 is 0. The Hall–Kier alpha value is -2.73. The molecule has 1 aromatic heterocycles. The number of aromatic nitrogens is 2. The number of hydrogen-bond donors (Lipinski definition) is 1. The molecule has 5 rings (SSSR count). The van der Waals surface area contributed by atoms with Crippen molar-refractivity contribution in [2.75, 3.05) is 25.1 Å². The van der Waals surface area contributed by atoms with Crippen LogP contribution in [0.3, 0.4) is 0 Å². The second-order valence-corrected chi connectivity index (χ2v) is 8.60. The van der Waals surface area contributed by atoms with Crippen molar-refractivity contribution in [1.82, 2.24) is 14.9 Å². The lowest BCUT2D eigenvalue weighted by Gasteiger charge is -2.44. The van der Waals surface area contributed by atoms with E-state index in [4.69, 9.17) is 0 Å². The molecule has 0 saturated carbocycles. The summed E-state index contributed by atoms with van der Waals surface area (Å²) in [5.41, 5.74) is 5.35. The highest BCUT2D eigenvalue weighted by atomic mass is 16.3. The zero-order valence-corrected chi connectivity index (χ0v) is 17.4. The molecule has 0 spiro atoms. The van der Waals surface area contributed by atoms with Crippen LogP contribution in [0.25, 0.3) is 5.57 Å². The molecular weight excluding hydrogens is 376 g/mol. The maximum atomic E-state index is 13.3. The number of carbonyl (C=O) groups excluding carboxylic acids is 1. The molecule has 1 amide bonds. The number of nitrogens with zero attached hydrogens (tertiary/aromatic N) is 4. The quantitative estimate of drug-likeness (QED) is 0.849. The Kier molecular flexibility index (Phi) is 5.03. The highest BCUT2D eigenvalue weighted by Gasteiger charge is 2.48. The van der Waals surface area contributed by atoms with Gasteiger partial charge in [0.05, 0.1) is 24.9 Å². The fourth-order valence-electron chi connectivity index (χ4n) is 5.54. The van der Waals surface area contributed by atoms with Gasteiger partial charge in [0.1, 0.15) is 5.69 Å². The second kappa shape index (κ2) is 7.84. The third kappa shape index (κ3) is 3.10. The van der Waals surface area contributed by atoms with Gasteiger partial charge in [-0.05, 0) is 60.9 Å². The largest absolute Gasteiger partial charge is 0.394 e. The standard InChI is InChI=1S/C24H28N4O2/c1-27-21-8-7-17(16-5-3-2-4-6-16)13-19(21)23-18(22(27)15-29)9-12-28(23)24(30)20-14-25-10-11-26-20/h5,7-8,10-11,13-14,18,22-23,29H,2-4,6,9,12,15H2,1H3/t18-,22-,23-/m0/s1. The average molecular weight is 405 g/mol. The fraction of sp³-hybridized carbons (Fsp3) is 0.458. The number of carbonyl (C=O) groups is 1. The van der Waals surface area contributed by atoms with Crippen molar-refractivity contribution in [2.24, 2.45) is 5.92 Å². The zero-order chi connectivity index (χ0) is 20.7. The first-order chi connectivity index (χ1) is 14.7. The molecule has 2 aliphatic heterocycles. The van der Waals surface area contributed by atoms with Gasteiger partial charge in [0.2, 0.25) is 0 Å². The molecule has 6 nitrogen and oxygen atoms in total. The summed E-state index contributed by atoms with van der Waals surface area (Å²) in [6, 6.07) is 6.61. The Morgan fingerprint density at radius 1 is 1.27 bits per heavy atom. The van der Waals surface area contributed by atoms with E-state index in [1.165, 1.54) is 35.7 Å². The number of aliphatic hydroxyl groups is 1. The van der Waals surface area contributed by atoms with Gasteiger partial charge in [0, 0.05) is 37.6 Å². The average Bonchev–Trinajstić information content (AvgIpc) is 3.25. The fourth-order valence-corrected chi connectivity index (χ4v) is 5.54. The maximum Gasteiger partial charge on any atom is 0.274 e. The molecule has 3 atom stereocenters.